The normalized spacial score (nSPS) is 20.5. The first-order valence-corrected chi connectivity index (χ1v) is 9.11. The van der Waals surface area contributed by atoms with Crippen molar-refractivity contribution in [3.05, 3.63) is 82.8 Å². The van der Waals surface area contributed by atoms with E-state index in [4.69, 9.17) is 30.6 Å². The van der Waals surface area contributed by atoms with Gasteiger partial charge in [-0.1, -0.05) is 41.9 Å². The minimum atomic E-state index is -0.444. The van der Waals surface area contributed by atoms with Crippen molar-refractivity contribution < 1.29 is 13.9 Å². The zero-order chi connectivity index (χ0) is 18.4. The van der Waals surface area contributed by atoms with Gasteiger partial charge in [0, 0.05) is 22.6 Å². The summed E-state index contributed by atoms with van der Waals surface area (Å²) in [7, 11) is 1.65. The Morgan fingerprint density at radius 2 is 1.93 bits per heavy atom. The lowest BCUT2D eigenvalue weighted by molar-refractivity contribution is -0.0208. The topological polar surface area (TPSA) is 47.2 Å². The number of furan rings is 1. The first kappa shape index (κ1) is 16.3. The molecule has 0 saturated heterocycles. The summed E-state index contributed by atoms with van der Waals surface area (Å²) in [6, 6.07) is 17.4. The first-order chi connectivity index (χ1) is 13.3. The summed E-state index contributed by atoms with van der Waals surface area (Å²) in [5.41, 5.74) is 2.80. The number of hydrogen-bond acceptors (Lipinski definition) is 5. The lowest BCUT2D eigenvalue weighted by Gasteiger charge is -2.38. The summed E-state index contributed by atoms with van der Waals surface area (Å²) in [6.07, 6.45) is 1.94. The molecule has 3 aromatic rings. The first-order valence-electron chi connectivity index (χ1n) is 8.74. The van der Waals surface area contributed by atoms with Crippen molar-refractivity contribution in [2.24, 2.45) is 5.10 Å². The zero-order valence-corrected chi connectivity index (χ0v) is 15.4. The van der Waals surface area contributed by atoms with Crippen LogP contribution in [0.5, 0.6) is 11.5 Å². The molecule has 5 rings (SSSR count). The second-order valence-corrected chi connectivity index (χ2v) is 6.90. The highest BCUT2D eigenvalue weighted by Gasteiger charge is 2.43. The molecule has 2 atom stereocenters. The highest BCUT2D eigenvalue weighted by atomic mass is 35.5. The van der Waals surface area contributed by atoms with Gasteiger partial charge in [0.1, 0.15) is 11.5 Å². The summed E-state index contributed by atoms with van der Waals surface area (Å²) in [5, 5.41) is 7.45. The molecular weight excluding hydrogens is 364 g/mol. The van der Waals surface area contributed by atoms with E-state index in [2.05, 4.69) is 6.07 Å². The quantitative estimate of drug-likeness (QED) is 0.627. The Morgan fingerprint density at radius 3 is 2.70 bits per heavy atom. The second-order valence-electron chi connectivity index (χ2n) is 6.49. The van der Waals surface area contributed by atoms with E-state index in [1.54, 1.807) is 13.4 Å². The molecule has 0 unspecified atom stereocenters. The minimum absolute atomic E-state index is 0.0187. The molecule has 27 heavy (non-hydrogen) atoms. The molecule has 136 valence electrons. The molecule has 2 aromatic carbocycles. The number of rotatable bonds is 3. The standard InChI is InChI=1S/C21H17ClN2O3/c1-25-19-9-4-7-14-17-12-16(18-10-5-11-26-18)23-24(17)21(27-20(14)19)13-6-2-3-8-15(13)22/h2-11,17,21H,12H2,1H3/t17-,21-/m0/s1. The van der Waals surface area contributed by atoms with E-state index in [1.807, 2.05) is 53.5 Å². The van der Waals surface area contributed by atoms with Crippen molar-refractivity contribution in [3.8, 4) is 11.5 Å². The molecule has 0 aliphatic carbocycles. The maximum Gasteiger partial charge on any atom is 0.215 e. The fourth-order valence-electron chi connectivity index (χ4n) is 3.72. The van der Waals surface area contributed by atoms with Gasteiger partial charge >= 0.3 is 0 Å². The fraction of sp³-hybridized carbons (Fsp3) is 0.190. The third kappa shape index (κ3) is 2.58. The summed E-state index contributed by atoms with van der Waals surface area (Å²) in [4.78, 5) is 0. The molecule has 0 amide bonds. The monoisotopic (exact) mass is 380 g/mol. The Labute approximate surface area is 161 Å². The number of fused-ring (bicyclic) bond motifs is 3. The van der Waals surface area contributed by atoms with E-state index in [-0.39, 0.29) is 6.04 Å². The highest BCUT2D eigenvalue weighted by Crippen LogP contribution is 2.51. The highest BCUT2D eigenvalue weighted by molar-refractivity contribution is 6.31. The zero-order valence-electron chi connectivity index (χ0n) is 14.6. The van der Waals surface area contributed by atoms with Gasteiger partial charge in [-0.3, -0.25) is 0 Å². The van der Waals surface area contributed by atoms with Crippen LogP contribution in [0, 0.1) is 0 Å². The predicted octanol–water partition coefficient (Wildman–Crippen LogP) is 5.18. The number of nitrogens with zero attached hydrogens (tertiary/aromatic N) is 2. The van der Waals surface area contributed by atoms with Crippen LogP contribution in [0.25, 0.3) is 0 Å². The van der Waals surface area contributed by atoms with E-state index in [0.29, 0.717) is 10.8 Å². The van der Waals surface area contributed by atoms with Crippen LogP contribution >= 0.6 is 11.6 Å². The van der Waals surface area contributed by atoms with Crippen molar-refractivity contribution in [1.82, 2.24) is 5.01 Å². The maximum absolute atomic E-state index is 6.48. The molecule has 0 N–H and O–H groups in total. The van der Waals surface area contributed by atoms with Gasteiger partial charge in [0.05, 0.1) is 19.4 Å². The van der Waals surface area contributed by atoms with Crippen molar-refractivity contribution in [2.45, 2.75) is 18.7 Å². The molecule has 6 heteroatoms. The largest absolute Gasteiger partial charge is 0.493 e. The number of halogens is 1. The van der Waals surface area contributed by atoms with E-state index >= 15 is 0 Å². The smallest absolute Gasteiger partial charge is 0.215 e. The van der Waals surface area contributed by atoms with Crippen molar-refractivity contribution in [3.63, 3.8) is 0 Å². The average Bonchev–Trinajstić information content (AvgIpc) is 3.37. The van der Waals surface area contributed by atoms with Gasteiger partial charge in [-0.15, -0.1) is 0 Å². The molecule has 0 spiro atoms. The fourth-order valence-corrected chi connectivity index (χ4v) is 3.95. The molecule has 0 saturated carbocycles. The number of para-hydroxylation sites is 1. The van der Waals surface area contributed by atoms with Crippen LogP contribution in [0.4, 0.5) is 0 Å². The third-order valence-corrected chi connectivity index (χ3v) is 5.32. The molecule has 3 heterocycles. The van der Waals surface area contributed by atoms with Crippen LogP contribution in [0.1, 0.15) is 35.6 Å². The summed E-state index contributed by atoms with van der Waals surface area (Å²) < 4.78 is 17.5. The Morgan fingerprint density at radius 1 is 1.07 bits per heavy atom. The Bertz CT molecular complexity index is 1020. The number of hydrogen-bond donors (Lipinski definition) is 0. The van der Waals surface area contributed by atoms with Crippen molar-refractivity contribution in [1.29, 1.82) is 0 Å². The van der Waals surface area contributed by atoms with Crippen LogP contribution in [-0.2, 0) is 0 Å². The molecule has 1 aromatic heterocycles. The lowest BCUT2D eigenvalue weighted by Crippen LogP contribution is -2.34. The van der Waals surface area contributed by atoms with Gasteiger partial charge in [0.15, 0.2) is 11.5 Å². The summed E-state index contributed by atoms with van der Waals surface area (Å²) >= 11 is 6.48. The van der Waals surface area contributed by atoms with E-state index in [9.17, 15) is 0 Å². The molecule has 0 fully saturated rings. The van der Waals surface area contributed by atoms with Crippen molar-refractivity contribution >= 4 is 17.3 Å². The molecule has 5 nitrogen and oxygen atoms in total. The molecule has 2 aliphatic heterocycles. The summed E-state index contributed by atoms with van der Waals surface area (Å²) in [6.45, 7) is 0. The number of methoxy groups -OCH3 is 1. The van der Waals surface area contributed by atoms with Gasteiger partial charge in [-0.25, -0.2) is 5.01 Å². The number of benzene rings is 2. The van der Waals surface area contributed by atoms with Gasteiger partial charge in [0.2, 0.25) is 6.23 Å². The molecule has 0 bridgehead atoms. The number of ether oxygens (including phenoxy) is 2. The Kier molecular flexibility index (Phi) is 3.83. The lowest BCUT2D eigenvalue weighted by atomic mass is 9.97. The van der Waals surface area contributed by atoms with Crippen molar-refractivity contribution in [2.75, 3.05) is 7.11 Å². The van der Waals surface area contributed by atoms with Gasteiger partial charge < -0.3 is 13.9 Å². The SMILES string of the molecule is COc1cccc2c1O[C@@H](c1ccccc1Cl)N1N=C(c3ccco3)C[C@@H]21. The van der Waals surface area contributed by atoms with E-state index in [1.165, 1.54) is 0 Å². The van der Waals surface area contributed by atoms with E-state index < -0.39 is 6.23 Å². The van der Waals surface area contributed by atoms with Gasteiger partial charge in [-0.2, -0.15) is 5.10 Å². The molecular formula is C21H17ClN2O3. The molecule has 0 radical (unpaired) electrons. The second kappa shape index (κ2) is 6.35. The van der Waals surface area contributed by atoms with Crippen LogP contribution in [0.15, 0.2) is 70.4 Å². The average molecular weight is 381 g/mol. The molecule has 2 aliphatic rings. The van der Waals surface area contributed by atoms with Crippen LogP contribution in [0.3, 0.4) is 0 Å². The van der Waals surface area contributed by atoms with Gasteiger partial charge in [0.25, 0.3) is 0 Å². The minimum Gasteiger partial charge on any atom is -0.493 e. The van der Waals surface area contributed by atoms with E-state index in [0.717, 1.165) is 34.8 Å². The van der Waals surface area contributed by atoms with Crippen LogP contribution in [-0.4, -0.2) is 17.8 Å². The summed E-state index contributed by atoms with van der Waals surface area (Å²) in [5.74, 6) is 2.21. The van der Waals surface area contributed by atoms with Gasteiger partial charge in [-0.05, 0) is 24.3 Å². The predicted molar refractivity (Wildman–Crippen MR) is 102 cm³/mol. The Balaban J connectivity index is 1.66. The van der Waals surface area contributed by atoms with Crippen LogP contribution in [0.2, 0.25) is 5.02 Å². The Hall–Kier alpha value is -2.92. The van der Waals surface area contributed by atoms with Crippen LogP contribution < -0.4 is 9.47 Å². The number of hydrazone groups is 1. The maximum atomic E-state index is 6.48. The third-order valence-electron chi connectivity index (χ3n) is 4.98.